The lowest BCUT2D eigenvalue weighted by atomic mass is 10.1. The van der Waals surface area contributed by atoms with Gasteiger partial charge in [0, 0.05) is 25.1 Å². The number of ether oxygens (including phenoxy) is 1. The summed E-state index contributed by atoms with van der Waals surface area (Å²) in [5.74, 6) is -0.00570. The summed E-state index contributed by atoms with van der Waals surface area (Å²) in [7, 11) is 0. The first-order valence-electron chi connectivity index (χ1n) is 7.34. The molecule has 0 radical (unpaired) electrons. The highest BCUT2D eigenvalue weighted by atomic mass is 16.5. The highest BCUT2D eigenvalue weighted by molar-refractivity contribution is 5.94. The van der Waals surface area contributed by atoms with E-state index >= 15 is 0 Å². The number of amides is 1. The van der Waals surface area contributed by atoms with Crippen LogP contribution in [0.4, 0.5) is 0 Å². The van der Waals surface area contributed by atoms with Gasteiger partial charge >= 0.3 is 5.97 Å². The SMILES string of the molecule is CCCOc1ccc(C(=O)N2CCC(CC(=O)O)C2)cc1. The van der Waals surface area contributed by atoms with Gasteiger partial charge in [-0.3, -0.25) is 9.59 Å². The lowest BCUT2D eigenvalue weighted by Gasteiger charge is -2.16. The molecule has 1 aromatic carbocycles. The number of carboxylic acids is 1. The second-order valence-electron chi connectivity index (χ2n) is 5.38. The normalized spacial score (nSPS) is 17.8. The van der Waals surface area contributed by atoms with Gasteiger partial charge in [0.2, 0.25) is 0 Å². The summed E-state index contributed by atoms with van der Waals surface area (Å²) in [5, 5.41) is 8.80. The Morgan fingerprint density at radius 2 is 2.05 bits per heavy atom. The number of aliphatic carboxylic acids is 1. The molecular weight excluding hydrogens is 270 g/mol. The Kier molecular flexibility index (Phi) is 5.20. The third-order valence-corrected chi connectivity index (χ3v) is 3.61. The molecule has 0 aromatic heterocycles. The molecule has 1 fully saturated rings. The number of benzene rings is 1. The van der Waals surface area contributed by atoms with Crippen LogP contribution < -0.4 is 4.74 Å². The van der Waals surface area contributed by atoms with Crippen molar-refractivity contribution < 1.29 is 19.4 Å². The van der Waals surface area contributed by atoms with Crippen LogP contribution in [-0.4, -0.2) is 41.6 Å². The molecule has 1 saturated heterocycles. The Bertz CT molecular complexity index is 498. The number of rotatable bonds is 6. The Morgan fingerprint density at radius 1 is 1.33 bits per heavy atom. The predicted molar refractivity (Wildman–Crippen MR) is 78.5 cm³/mol. The van der Waals surface area contributed by atoms with Crippen LogP contribution in [0.2, 0.25) is 0 Å². The molecule has 1 aliphatic rings. The number of carboxylic acid groups (broad SMARTS) is 1. The van der Waals surface area contributed by atoms with Gasteiger partial charge in [-0.05, 0) is 43.0 Å². The lowest BCUT2D eigenvalue weighted by Crippen LogP contribution is -2.28. The van der Waals surface area contributed by atoms with E-state index in [1.807, 2.05) is 6.92 Å². The lowest BCUT2D eigenvalue weighted by molar-refractivity contribution is -0.138. The van der Waals surface area contributed by atoms with Gasteiger partial charge in [-0.1, -0.05) is 6.92 Å². The highest BCUT2D eigenvalue weighted by Gasteiger charge is 2.28. The second-order valence-corrected chi connectivity index (χ2v) is 5.38. The average Bonchev–Trinajstić information content (AvgIpc) is 2.92. The first-order valence-corrected chi connectivity index (χ1v) is 7.34. The van der Waals surface area contributed by atoms with Crippen LogP contribution in [0.5, 0.6) is 5.75 Å². The number of carbonyl (C=O) groups is 2. The van der Waals surface area contributed by atoms with E-state index in [2.05, 4.69) is 0 Å². The van der Waals surface area contributed by atoms with Gasteiger partial charge in [-0.25, -0.2) is 0 Å². The molecule has 0 spiro atoms. The topological polar surface area (TPSA) is 66.8 Å². The maximum Gasteiger partial charge on any atom is 0.303 e. The van der Waals surface area contributed by atoms with E-state index in [1.165, 1.54) is 0 Å². The van der Waals surface area contributed by atoms with Crippen LogP contribution in [0.3, 0.4) is 0 Å². The van der Waals surface area contributed by atoms with Gasteiger partial charge in [0.1, 0.15) is 5.75 Å². The van der Waals surface area contributed by atoms with Crippen LogP contribution >= 0.6 is 0 Å². The summed E-state index contributed by atoms with van der Waals surface area (Å²) < 4.78 is 5.49. The molecule has 1 unspecified atom stereocenters. The minimum Gasteiger partial charge on any atom is -0.494 e. The van der Waals surface area contributed by atoms with Crippen LogP contribution in [0.1, 0.15) is 36.5 Å². The Balaban J connectivity index is 1.93. The molecule has 2 rings (SSSR count). The number of hydrogen-bond acceptors (Lipinski definition) is 3. The van der Waals surface area contributed by atoms with Gasteiger partial charge in [0.15, 0.2) is 0 Å². The molecule has 0 aliphatic carbocycles. The summed E-state index contributed by atoms with van der Waals surface area (Å²) in [6.07, 6.45) is 1.84. The summed E-state index contributed by atoms with van der Waals surface area (Å²) in [5.41, 5.74) is 0.620. The summed E-state index contributed by atoms with van der Waals surface area (Å²) in [6.45, 7) is 3.86. The van der Waals surface area contributed by atoms with Crippen molar-refractivity contribution in [1.29, 1.82) is 0 Å². The minimum absolute atomic E-state index is 0.0371. The predicted octanol–water partition coefficient (Wildman–Crippen LogP) is 2.41. The minimum atomic E-state index is -0.799. The maximum atomic E-state index is 12.3. The summed E-state index contributed by atoms with van der Waals surface area (Å²) >= 11 is 0. The number of likely N-dealkylation sites (tertiary alicyclic amines) is 1. The smallest absolute Gasteiger partial charge is 0.303 e. The third-order valence-electron chi connectivity index (χ3n) is 3.61. The van der Waals surface area contributed by atoms with Gasteiger partial charge in [-0.2, -0.15) is 0 Å². The molecule has 0 bridgehead atoms. The first kappa shape index (κ1) is 15.4. The fourth-order valence-electron chi connectivity index (χ4n) is 2.53. The largest absolute Gasteiger partial charge is 0.494 e. The highest BCUT2D eigenvalue weighted by Crippen LogP contribution is 2.22. The Labute approximate surface area is 124 Å². The van der Waals surface area contributed by atoms with Crippen molar-refractivity contribution in [2.45, 2.75) is 26.2 Å². The quantitative estimate of drug-likeness (QED) is 0.874. The van der Waals surface area contributed by atoms with Crippen molar-refractivity contribution in [2.24, 2.45) is 5.92 Å². The van der Waals surface area contributed by atoms with Crippen molar-refractivity contribution in [1.82, 2.24) is 4.90 Å². The van der Waals surface area contributed by atoms with Crippen molar-refractivity contribution >= 4 is 11.9 Å². The molecular formula is C16H21NO4. The number of hydrogen-bond donors (Lipinski definition) is 1. The van der Waals surface area contributed by atoms with Crippen LogP contribution in [0.15, 0.2) is 24.3 Å². The molecule has 1 aromatic rings. The van der Waals surface area contributed by atoms with Crippen molar-refractivity contribution in [3.8, 4) is 5.75 Å². The second kappa shape index (κ2) is 7.11. The van der Waals surface area contributed by atoms with Gasteiger partial charge in [0.25, 0.3) is 5.91 Å². The van der Waals surface area contributed by atoms with E-state index in [0.717, 1.165) is 18.6 Å². The molecule has 1 atom stereocenters. The monoisotopic (exact) mass is 291 g/mol. The molecule has 1 heterocycles. The van der Waals surface area contributed by atoms with E-state index in [-0.39, 0.29) is 18.2 Å². The molecule has 5 heteroatoms. The molecule has 114 valence electrons. The van der Waals surface area contributed by atoms with Gasteiger partial charge < -0.3 is 14.7 Å². The van der Waals surface area contributed by atoms with Crippen molar-refractivity contribution in [3.05, 3.63) is 29.8 Å². The number of nitrogens with zero attached hydrogens (tertiary/aromatic N) is 1. The zero-order valence-corrected chi connectivity index (χ0v) is 12.2. The molecule has 1 amide bonds. The van der Waals surface area contributed by atoms with Gasteiger partial charge in [0.05, 0.1) is 6.61 Å². The van der Waals surface area contributed by atoms with Crippen LogP contribution in [0.25, 0.3) is 0 Å². The average molecular weight is 291 g/mol. The molecule has 0 saturated carbocycles. The summed E-state index contributed by atoms with van der Waals surface area (Å²) in [4.78, 5) is 24.8. The van der Waals surface area contributed by atoms with E-state index in [4.69, 9.17) is 9.84 Å². The van der Waals surface area contributed by atoms with E-state index in [1.54, 1.807) is 29.2 Å². The van der Waals surface area contributed by atoms with E-state index in [9.17, 15) is 9.59 Å². The standard InChI is InChI=1S/C16H21NO4/c1-2-9-21-14-5-3-13(4-6-14)16(20)17-8-7-12(11-17)10-15(18)19/h3-6,12H,2,7-11H2,1H3,(H,18,19). The third kappa shape index (κ3) is 4.21. The maximum absolute atomic E-state index is 12.3. The Hall–Kier alpha value is -2.04. The fraction of sp³-hybridized carbons (Fsp3) is 0.500. The first-order chi connectivity index (χ1) is 10.1. The van der Waals surface area contributed by atoms with E-state index in [0.29, 0.717) is 25.3 Å². The summed E-state index contributed by atoms with van der Waals surface area (Å²) in [6, 6.07) is 7.12. The van der Waals surface area contributed by atoms with Crippen LogP contribution in [-0.2, 0) is 4.79 Å². The Morgan fingerprint density at radius 3 is 2.67 bits per heavy atom. The molecule has 21 heavy (non-hydrogen) atoms. The van der Waals surface area contributed by atoms with Crippen molar-refractivity contribution in [3.63, 3.8) is 0 Å². The van der Waals surface area contributed by atoms with E-state index < -0.39 is 5.97 Å². The van der Waals surface area contributed by atoms with Crippen molar-refractivity contribution in [2.75, 3.05) is 19.7 Å². The zero-order valence-electron chi connectivity index (χ0n) is 12.2. The molecule has 5 nitrogen and oxygen atoms in total. The molecule has 1 aliphatic heterocycles. The van der Waals surface area contributed by atoms with Gasteiger partial charge in [-0.15, -0.1) is 0 Å². The fourth-order valence-corrected chi connectivity index (χ4v) is 2.53. The number of carbonyl (C=O) groups excluding carboxylic acids is 1. The van der Waals surface area contributed by atoms with Crippen LogP contribution in [0, 0.1) is 5.92 Å². The molecule has 1 N–H and O–H groups in total. The zero-order chi connectivity index (χ0) is 15.2.